The molecular formula is C15H22N2O. The minimum atomic E-state index is 0.327. The molecule has 0 spiro atoms. The van der Waals surface area contributed by atoms with Gasteiger partial charge in [0.2, 0.25) is 0 Å². The molecule has 3 heteroatoms. The summed E-state index contributed by atoms with van der Waals surface area (Å²) in [5.41, 5.74) is 2.58. The highest BCUT2D eigenvalue weighted by molar-refractivity contribution is 5.98. The third-order valence-electron chi connectivity index (χ3n) is 4.89. The Balaban J connectivity index is 1.87. The highest BCUT2D eigenvalue weighted by Gasteiger charge is 2.40. The monoisotopic (exact) mass is 246 g/mol. The summed E-state index contributed by atoms with van der Waals surface area (Å²) in [6.45, 7) is 1.04. The average molecular weight is 246 g/mol. The molecule has 0 atom stereocenters. The SMILES string of the molecule is CN(C)C1(Cn2ccc3c2CCCC3=O)CCC1. The van der Waals surface area contributed by atoms with Gasteiger partial charge in [-0.2, -0.15) is 0 Å². The summed E-state index contributed by atoms with van der Waals surface area (Å²) in [5.74, 6) is 0.336. The third-order valence-corrected chi connectivity index (χ3v) is 4.89. The molecule has 2 aliphatic rings. The molecule has 18 heavy (non-hydrogen) atoms. The van der Waals surface area contributed by atoms with Gasteiger partial charge >= 0.3 is 0 Å². The maximum Gasteiger partial charge on any atom is 0.164 e. The summed E-state index contributed by atoms with van der Waals surface area (Å²) >= 11 is 0. The fourth-order valence-corrected chi connectivity index (χ4v) is 3.39. The lowest BCUT2D eigenvalue weighted by Crippen LogP contribution is -2.53. The van der Waals surface area contributed by atoms with Crippen LogP contribution in [0.2, 0.25) is 0 Å². The van der Waals surface area contributed by atoms with Crippen molar-refractivity contribution < 1.29 is 4.79 Å². The summed E-state index contributed by atoms with van der Waals surface area (Å²) in [6.07, 6.45) is 8.83. The predicted octanol–water partition coefficient (Wildman–Crippen LogP) is 2.49. The van der Waals surface area contributed by atoms with Crippen LogP contribution in [0.4, 0.5) is 0 Å². The first-order chi connectivity index (χ1) is 8.62. The van der Waals surface area contributed by atoms with Crippen LogP contribution in [-0.2, 0) is 13.0 Å². The first-order valence-electron chi connectivity index (χ1n) is 7.01. The smallest absolute Gasteiger partial charge is 0.164 e. The molecule has 0 unspecified atom stereocenters. The average Bonchev–Trinajstić information content (AvgIpc) is 2.67. The molecule has 3 nitrogen and oxygen atoms in total. The Kier molecular flexibility index (Phi) is 2.81. The Morgan fingerprint density at radius 2 is 2.06 bits per heavy atom. The molecule has 0 aromatic carbocycles. The number of hydrogen-bond acceptors (Lipinski definition) is 2. The van der Waals surface area contributed by atoms with Crippen LogP contribution in [-0.4, -0.2) is 34.9 Å². The standard InChI is InChI=1S/C15H22N2O/c1-16(2)15(8-4-9-15)11-17-10-7-12-13(17)5-3-6-14(12)18/h7,10H,3-6,8-9,11H2,1-2H3. The predicted molar refractivity (Wildman–Crippen MR) is 72.0 cm³/mol. The van der Waals surface area contributed by atoms with E-state index < -0.39 is 0 Å². The lowest BCUT2D eigenvalue weighted by molar-refractivity contribution is 0.0416. The molecule has 1 heterocycles. The van der Waals surface area contributed by atoms with Crippen molar-refractivity contribution in [3.63, 3.8) is 0 Å². The van der Waals surface area contributed by atoms with Crippen molar-refractivity contribution in [1.29, 1.82) is 0 Å². The van der Waals surface area contributed by atoms with Gasteiger partial charge in [-0.25, -0.2) is 0 Å². The molecule has 0 amide bonds. The highest BCUT2D eigenvalue weighted by atomic mass is 16.1. The van der Waals surface area contributed by atoms with Gasteiger partial charge in [0.25, 0.3) is 0 Å². The van der Waals surface area contributed by atoms with Crippen molar-refractivity contribution in [1.82, 2.24) is 9.47 Å². The minimum Gasteiger partial charge on any atom is -0.349 e. The van der Waals surface area contributed by atoms with Crippen LogP contribution in [0.1, 0.15) is 48.2 Å². The van der Waals surface area contributed by atoms with Gasteiger partial charge in [-0.15, -0.1) is 0 Å². The third kappa shape index (κ3) is 1.72. The lowest BCUT2D eigenvalue weighted by atomic mass is 9.75. The molecular weight excluding hydrogens is 224 g/mol. The minimum absolute atomic E-state index is 0.327. The topological polar surface area (TPSA) is 25.2 Å². The number of carbonyl (C=O) groups is 1. The van der Waals surface area contributed by atoms with Gasteiger partial charge in [0.1, 0.15) is 0 Å². The maximum atomic E-state index is 11.9. The Labute approximate surface area is 109 Å². The number of Topliss-reactive ketones (excluding diaryl/α,β-unsaturated/α-hetero) is 1. The van der Waals surface area contributed by atoms with Crippen molar-refractivity contribution in [2.24, 2.45) is 0 Å². The largest absolute Gasteiger partial charge is 0.349 e. The fourth-order valence-electron chi connectivity index (χ4n) is 3.39. The summed E-state index contributed by atoms with van der Waals surface area (Å²) in [6, 6.07) is 2.03. The molecule has 0 aliphatic heterocycles. The van der Waals surface area contributed by atoms with Gasteiger partial charge in [0.05, 0.1) is 0 Å². The second-order valence-electron chi connectivity index (χ2n) is 6.05. The number of carbonyl (C=O) groups excluding carboxylic acids is 1. The number of hydrogen-bond donors (Lipinski definition) is 0. The van der Waals surface area contributed by atoms with E-state index in [0.29, 0.717) is 11.3 Å². The Morgan fingerprint density at radius 3 is 2.67 bits per heavy atom. The van der Waals surface area contributed by atoms with Crippen LogP contribution < -0.4 is 0 Å². The summed E-state index contributed by atoms with van der Waals surface area (Å²) in [4.78, 5) is 14.2. The Hall–Kier alpha value is -1.09. The van der Waals surface area contributed by atoms with Gasteiger partial charge < -0.3 is 9.47 Å². The summed E-state index contributed by atoms with van der Waals surface area (Å²) in [5, 5.41) is 0. The zero-order valence-electron chi connectivity index (χ0n) is 11.4. The molecule has 0 bridgehead atoms. The molecule has 0 N–H and O–H groups in total. The molecule has 1 aromatic heterocycles. The Bertz CT molecular complexity index is 469. The zero-order valence-corrected chi connectivity index (χ0v) is 11.4. The van der Waals surface area contributed by atoms with Crippen LogP contribution in [0.15, 0.2) is 12.3 Å². The van der Waals surface area contributed by atoms with E-state index in [1.165, 1.54) is 25.0 Å². The van der Waals surface area contributed by atoms with E-state index in [2.05, 4.69) is 29.8 Å². The first kappa shape index (κ1) is 12.0. The van der Waals surface area contributed by atoms with Crippen LogP contribution in [0.3, 0.4) is 0 Å². The van der Waals surface area contributed by atoms with Crippen LogP contribution in [0.25, 0.3) is 0 Å². The van der Waals surface area contributed by atoms with Crippen molar-refractivity contribution in [2.75, 3.05) is 14.1 Å². The van der Waals surface area contributed by atoms with Crippen molar-refractivity contribution in [2.45, 2.75) is 50.6 Å². The highest BCUT2D eigenvalue weighted by Crippen LogP contribution is 2.38. The molecule has 98 valence electrons. The van der Waals surface area contributed by atoms with E-state index in [4.69, 9.17) is 0 Å². The second-order valence-corrected chi connectivity index (χ2v) is 6.05. The molecule has 1 fully saturated rings. The molecule has 1 saturated carbocycles. The van der Waals surface area contributed by atoms with Gasteiger partial charge in [-0.3, -0.25) is 4.79 Å². The molecule has 0 radical (unpaired) electrons. The number of nitrogens with zero attached hydrogens (tertiary/aromatic N) is 2. The van der Waals surface area contributed by atoms with Gasteiger partial charge in [-0.1, -0.05) is 0 Å². The second kappa shape index (κ2) is 4.23. The fraction of sp³-hybridized carbons (Fsp3) is 0.667. The molecule has 1 aromatic rings. The van der Waals surface area contributed by atoms with E-state index in [0.717, 1.165) is 31.4 Å². The lowest BCUT2D eigenvalue weighted by Gasteiger charge is -2.48. The number of fused-ring (bicyclic) bond motifs is 1. The van der Waals surface area contributed by atoms with Crippen molar-refractivity contribution >= 4 is 5.78 Å². The van der Waals surface area contributed by atoms with E-state index in [9.17, 15) is 4.79 Å². The summed E-state index contributed by atoms with van der Waals surface area (Å²) in [7, 11) is 4.36. The van der Waals surface area contributed by atoms with E-state index in [1.807, 2.05) is 6.07 Å². The molecule has 2 aliphatic carbocycles. The van der Waals surface area contributed by atoms with E-state index >= 15 is 0 Å². The molecule has 0 saturated heterocycles. The summed E-state index contributed by atoms with van der Waals surface area (Å²) < 4.78 is 2.34. The normalized spacial score (nSPS) is 21.8. The number of aromatic nitrogens is 1. The quantitative estimate of drug-likeness (QED) is 0.818. The van der Waals surface area contributed by atoms with E-state index in [1.54, 1.807) is 0 Å². The van der Waals surface area contributed by atoms with Crippen LogP contribution in [0.5, 0.6) is 0 Å². The van der Waals surface area contributed by atoms with Crippen molar-refractivity contribution in [3.05, 3.63) is 23.5 Å². The van der Waals surface area contributed by atoms with Crippen molar-refractivity contribution in [3.8, 4) is 0 Å². The number of rotatable bonds is 3. The van der Waals surface area contributed by atoms with Gasteiger partial charge in [-0.05, 0) is 52.3 Å². The number of likely N-dealkylation sites (N-methyl/N-ethyl adjacent to an activating group) is 1. The van der Waals surface area contributed by atoms with Gasteiger partial charge in [0.15, 0.2) is 5.78 Å². The number of ketones is 1. The Morgan fingerprint density at radius 1 is 1.28 bits per heavy atom. The van der Waals surface area contributed by atoms with Gasteiger partial charge in [0, 0.05) is 36.0 Å². The molecule has 3 rings (SSSR count). The first-order valence-corrected chi connectivity index (χ1v) is 7.01. The maximum absolute atomic E-state index is 11.9. The van der Waals surface area contributed by atoms with E-state index in [-0.39, 0.29) is 0 Å². The van der Waals surface area contributed by atoms with Crippen LogP contribution in [0, 0.1) is 0 Å². The zero-order chi connectivity index (χ0) is 12.8. The van der Waals surface area contributed by atoms with Crippen LogP contribution >= 0.6 is 0 Å².